The van der Waals surface area contributed by atoms with Gasteiger partial charge in [0.2, 0.25) is 0 Å². The smallest absolute Gasteiger partial charge is 0.291 e. The summed E-state index contributed by atoms with van der Waals surface area (Å²) >= 11 is 1.95. The van der Waals surface area contributed by atoms with Gasteiger partial charge in [-0.15, -0.1) is 0 Å². The summed E-state index contributed by atoms with van der Waals surface area (Å²) in [6.07, 6.45) is 7.30. The molecule has 1 saturated carbocycles. The van der Waals surface area contributed by atoms with Gasteiger partial charge in [0.1, 0.15) is 0 Å². The number of benzene rings is 1. The van der Waals surface area contributed by atoms with E-state index < -0.39 is 0 Å². The van der Waals surface area contributed by atoms with Crippen LogP contribution in [0.5, 0.6) is 0 Å². The van der Waals surface area contributed by atoms with E-state index in [-0.39, 0.29) is 5.91 Å². The Bertz CT molecular complexity index is 791. The van der Waals surface area contributed by atoms with E-state index >= 15 is 0 Å². The second-order valence-corrected chi connectivity index (χ2v) is 7.98. The van der Waals surface area contributed by atoms with Crippen molar-refractivity contribution < 1.29 is 9.21 Å². The van der Waals surface area contributed by atoms with Gasteiger partial charge in [0, 0.05) is 23.5 Å². The van der Waals surface area contributed by atoms with Crippen LogP contribution < -0.4 is 16.0 Å². The van der Waals surface area contributed by atoms with Crippen LogP contribution in [0.3, 0.4) is 0 Å². The van der Waals surface area contributed by atoms with Gasteiger partial charge in [-0.05, 0) is 62.3 Å². The van der Waals surface area contributed by atoms with Crippen molar-refractivity contribution in [2.45, 2.75) is 44.0 Å². The highest BCUT2D eigenvalue weighted by Crippen LogP contribution is 2.28. The van der Waals surface area contributed by atoms with Crippen LogP contribution in [-0.2, 0) is 6.54 Å². The topological polar surface area (TPSA) is 78.7 Å². The number of nitrogens with zero attached hydrogens (tertiary/aromatic N) is 1. The Hall–Kier alpha value is -2.41. The SMILES string of the molecule is CCNC(=NCc1cccc(NC(=O)c2ccco2)c1)NC1CCC(SC)C1. The van der Waals surface area contributed by atoms with E-state index in [2.05, 4.69) is 29.1 Å². The number of furan rings is 1. The number of guanidine groups is 1. The molecule has 0 saturated heterocycles. The number of carbonyl (C=O) groups is 1. The van der Waals surface area contributed by atoms with Gasteiger partial charge < -0.3 is 20.4 Å². The Kier molecular flexibility index (Phi) is 7.42. The van der Waals surface area contributed by atoms with E-state index in [0.29, 0.717) is 18.3 Å². The van der Waals surface area contributed by atoms with Crippen LogP contribution in [0.4, 0.5) is 5.69 Å². The molecule has 2 aromatic rings. The van der Waals surface area contributed by atoms with Crippen LogP contribution in [-0.4, -0.2) is 36.0 Å². The number of aliphatic imine (C=N–C) groups is 1. The molecule has 3 rings (SSSR count). The first-order chi connectivity index (χ1) is 13.7. The number of hydrogen-bond donors (Lipinski definition) is 3. The third-order valence-electron chi connectivity index (χ3n) is 4.75. The Morgan fingerprint density at radius 3 is 2.89 bits per heavy atom. The molecular formula is C21H28N4O2S. The van der Waals surface area contributed by atoms with Crippen molar-refractivity contribution in [3.8, 4) is 0 Å². The Morgan fingerprint density at radius 1 is 1.29 bits per heavy atom. The molecule has 6 nitrogen and oxygen atoms in total. The van der Waals surface area contributed by atoms with Crippen molar-refractivity contribution in [1.29, 1.82) is 0 Å². The average Bonchev–Trinajstić information content (AvgIpc) is 3.38. The molecule has 0 radical (unpaired) electrons. The monoisotopic (exact) mass is 400 g/mol. The van der Waals surface area contributed by atoms with Crippen molar-refractivity contribution in [3.05, 3.63) is 54.0 Å². The summed E-state index contributed by atoms with van der Waals surface area (Å²) in [7, 11) is 0. The zero-order valence-corrected chi connectivity index (χ0v) is 17.2. The maximum Gasteiger partial charge on any atom is 0.291 e. The fourth-order valence-electron chi connectivity index (χ4n) is 3.32. The summed E-state index contributed by atoms with van der Waals surface area (Å²) in [6.45, 7) is 3.43. The van der Waals surface area contributed by atoms with Crippen molar-refractivity contribution >= 4 is 29.3 Å². The molecule has 1 aliphatic rings. The number of hydrogen-bond acceptors (Lipinski definition) is 4. The first-order valence-electron chi connectivity index (χ1n) is 9.69. The van der Waals surface area contributed by atoms with Gasteiger partial charge in [-0.3, -0.25) is 4.79 Å². The third-order valence-corrected chi connectivity index (χ3v) is 5.85. The van der Waals surface area contributed by atoms with Gasteiger partial charge in [0.15, 0.2) is 11.7 Å². The van der Waals surface area contributed by atoms with Gasteiger partial charge in [0.25, 0.3) is 5.91 Å². The lowest BCUT2D eigenvalue weighted by molar-refractivity contribution is 0.0996. The molecule has 28 heavy (non-hydrogen) atoms. The maximum absolute atomic E-state index is 12.1. The second-order valence-electron chi connectivity index (χ2n) is 6.84. The van der Waals surface area contributed by atoms with Crippen LogP contribution in [0.2, 0.25) is 0 Å². The molecule has 1 aliphatic carbocycles. The highest BCUT2D eigenvalue weighted by atomic mass is 32.2. The van der Waals surface area contributed by atoms with E-state index in [4.69, 9.17) is 9.41 Å². The Labute approximate surface area is 170 Å². The van der Waals surface area contributed by atoms with E-state index in [9.17, 15) is 4.79 Å². The van der Waals surface area contributed by atoms with Gasteiger partial charge in [-0.2, -0.15) is 11.8 Å². The molecule has 7 heteroatoms. The lowest BCUT2D eigenvalue weighted by Crippen LogP contribution is -2.42. The second kappa shape index (κ2) is 10.2. The van der Waals surface area contributed by atoms with Crippen LogP contribution in [0.1, 0.15) is 42.3 Å². The first-order valence-corrected chi connectivity index (χ1v) is 11.0. The lowest BCUT2D eigenvalue weighted by atomic mass is 10.2. The van der Waals surface area contributed by atoms with Gasteiger partial charge in [-0.1, -0.05) is 12.1 Å². The largest absolute Gasteiger partial charge is 0.459 e. The highest BCUT2D eigenvalue weighted by molar-refractivity contribution is 7.99. The fourth-order valence-corrected chi connectivity index (χ4v) is 4.11. The maximum atomic E-state index is 12.1. The van der Waals surface area contributed by atoms with Crippen molar-refractivity contribution in [3.63, 3.8) is 0 Å². The average molecular weight is 401 g/mol. The molecule has 2 unspecified atom stereocenters. The molecular weight excluding hydrogens is 372 g/mol. The van der Waals surface area contributed by atoms with E-state index in [1.807, 2.05) is 36.0 Å². The molecule has 1 aromatic heterocycles. The van der Waals surface area contributed by atoms with E-state index in [1.165, 1.54) is 25.5 Å². The first kappa shape index (κ1) is 20.3. The third kappa shape index (κ3) is 5.79. The predicted octanol–water partition coefficient (Wildman–Crippen LogP) is 3.87. The number of rotatable bonds is 7. The molecule has 1 heterocycles. The van der Waals surface area contributed by atoms with Gasteiger partial charge in [0.05, 0.1) is 12.8 Å². The molecule has 0 aliphatic heterocycles. The lowest BCUT2D eigenvalue weighted by Gasteiger charge is -2.17. The van der Waals surface area contributed by atoms with Crippen molar-refractivity contribution in [2.24, 2.45) is 4.99 Å². The minimum atomic E-state index is -0.259. The molecule has 1 aromatic carbocycles. The molecule has 3 N–H and O–H groups in total. The summed E-state index contributed by atoms with van der Waals surface area (Å²) in [6, 6.07) is 11.5. The van der Waals surface area contributed by atoms with Crippen LogP contribution in [0.25, 0.3) is 0 Å². The number of amides is 1. The number of anilines is 1. The quantitative estimate of drug-likeness (QED) is 0.486. The number of thioether (sulfide) groups is 1. The Balaban J connectivity index is 1.60. The molecule has 0 bridgehead atoms. The predicted molar refractivity (Wildman–Crippen MR) is 116 cm³/mol. The zero-order valence-electron chi connectivity index (χ0n) is 16.4. The summed E-state index contributed by atoms with van der Waals surface area (Å²) in [5, 5.41) is 10.5. The summed E-state index contributed by atoms with van der Waals surface area (Å²) in [5.74, 6) is 0.881. The van der Waals surface area contributed by atoms with Gasteiger partial charge >= 0.3 is 0 Å². The summed E-state index contributed by atoms with van der Waals surface area (Å²) < 4.78 is 5.13. The van der Waals surface area contributed by atoms with Crippen molar-refractivity contribution in [2.75, 3.05) is 18.1 Å². The number of carbonyl (C=O) groups excluding carboxylic acids is 1. The molecule has 150 valence electrons. The van der Waals surface area contributed by atoms with E-state index in [0.717, 1.165) is 29.0 Å². The summed E-state index contributed by atoms with van der Waals surface area (Å²) in [5.41, 5.74) is 1.76. The number of nitrogens with one attached hydrogen (secondary N) is 3. The standard InChI is InChI=1S/C21H28N4O2S/c1-3-22-21(25-17-9-10-18(13-17)28-2)23-14-15-6-4-7-16(12-15)24-20(26)19-8-5-11-27-19/h4-8,11-12,17-18H,3,9-10,13-14H2,1-2H3,(H,24,26)(H2,22,23,25). The molecule has 2 atom stereocenters. The Morgan fingerprint density at radius 2 is 2.18 bits per heavy atom. The molecule has 1 amide bonds. The van der Waals surface area contributed by atoms with Gasteiger partial charge in [-0.25, -0.2) is 4.99 Å². The van der Waals surface area contributed by atoms with Crippen LogP contribution in [0.15, 0.2) is 52.1 Å². The van der Waals surface area contributed by atoms with Crippen LogP contribution >= 0.6 is 11.8 Å². The van der Waals surface area contributed by atoms with E-state index in [1.54, 1.807) is 12.1 Å². The highest BCUT2D eigenvalue weighted by Gasteiger charge is 2.24. The molecule has 0 spiro atoms. The molecule has 1 fully saturated rings. The fraction of sp³-hybridized carbons (Fsp3) is 0.429. The van der Waals surface area contributed by atoms with Crippen LogP contribution in [0, 0.1) is 0 Å². The zero-order chi connectivity index (χ0) is 19.8. The van der Waals surface area contributed by atoms with Crippen molar-refractivity contribution in [1.82, 2.24) is 10.6 Å². The normalized spacial score (nSPS) is 19.4. The minimum absolute atomic E-state index is 0.259. The summed E-state index contributed by atoms with van der Waals surface area (Å²) in [4.78, 5) is 16.9. The minimum Gasteiger partial charge on any atom is -0.459 e.